The van der Waals surface area contributed by atoms with E-state index in [2.05, 4.69) is 22.5 Å². The van der Waals surface area contributed by atoms with Gasteiger partial charge in [-0.05, 0) is 30.4 Å². The van der Waals surface area contributed by atoms with Crippen LogP contribution in [0.15, 0.2) is 73.3 Å². The van der Waals surface area contributed by atoms with Crippen molar-refractivity contribution in [1.29, 1.82) is 0 Å². The van der Waals surface area contributed by atoms with Crippen molar-refractivity contribution in [3.05, 3.63) is 84.4 Å². The number of benzene rings is 2. The molecule has 0 saturated heterocycles. The summed E-state index contributed by atoms with van der Waals surface area (Å²) in [6.45, 7) is 6.89. The van der Waals surface area contributed by atoms with Crippen LogP contribution in [0.4, 0.5) is 4.79 Å². The molecule has 2 aromatic carbocycles. The highest BCUT2D eigenvalue weighted by Gasteiger charge is 2.19. The Bertz CT molecular complexity index is 887. The van der Waals surface area contributed by atoms with Crippen LogP contribution in [0, 0.1) is 0 Å². The van der Waals surface area contributed by atoms with E-state index >= 15 is 0 Å². The third-order valence-electron chi connectivity index (χ3n) is 5.08. The van der Waals surface area contributed by atoms with Crippen molar-refractivity contribution in [2.45, 2.75) is 45.3 Å². The number of rotatable bonds is 13. The van der Waals surface area contributed by atoms with E-state index in [1.165, 1.54) is 6.92 Å². The second-order valence-corrected chi connectivity index (χ2v) is 7.83. The molecule has 0 spiro atoms. The van der Waals surface area contributed by atoms with E-state index < -0.39 is 6.04 Å². The highest BCUT2D eigenvalue weighted by molar-refractivity contribution is 5.86. The number of urea groups is 1. The van der Waals surface area contributed by atoms with Crippen LogP contribution in [0.25, 0.3) is 0 Å². The van der Waals surface area contributed by atoms with Crippen molar-refractivity contribution in [3.8, 4) is 0 Å². The molecule has 176 valence electrons. The lowest BCUT2D eigenvalue weighted by molar-refractivity contribution is -0.128. The molecule has 0 aliphatic rings. The third-order valence-corrected chi connectivity index (χ3v) is 5.08. The van der Waals surface area contributed by atoms with Crippen molar-refractivity contribution < 1.29 is 14.4 Å². The largest absolute Gasteiger partial charge is 0.350 e. The molecule has 2 aromatic rings. The Morgan fingerprint density at radius 2 is 1.58 bits per heavy atom. The zero-order valence-corrected chi connectivity index (χ0v) is 19.3. The second kappa shape index (κ2) is 14.5. The first kappa shape index (κ1) is 25.6. The standard InChI is InChI=1S/C26H34N4O3/c1-3-17-27-26(33)30(20-23-14-8-5-9-15-23)18-11-10-16-24(29-21(2)31)25(32)28-19-22-12-6-4-7-13-22/h3-9,12-15,24H,1,10-11,16-20H2,2H3,(H,27,33)(H,28,32)(H,29,31). The molecule has 0 aliphatic carbocycles. The van der Waals surface area contributed by atoms with Crippen LogP contribution < -0.4 is 16.0 Å². The van der Waals surface area contributed by atoms with Gasteiger partial charge in [-0.2, -0.15) is 0 Å². The first-order valence-corrected chi connectivity index (χ1v) is 11.3. The van der Waals surface area contributed by atoms with Crippen molar-refractivity contribution >= 4 is 17.8 Å². The monoisotopic (exact) mass is 450 g/mol. The number of nitrogens with one attached hydrogen (secondary N) is 3. The summed E-state index contributed by atoms with van der Waals surface area (Å²) in [5.74, 6) is -0.455. The SMILES string of the molecule is C=CCNC(=O)N(CCCCC(NC(C)=O)C(=O)NCc1ccccc1)Cc1ccccc1. The Labute approximate surface area is 196 Å². The average molecular weight is 451 g/mol. The van der Waals surface area contributed by atoms with Gasteiger partial charge in [0.15, 0.2) is 0 Å². The Balaban J connectivity index is 1.88. The average Bonchev–Trinajstić information content (AvgIpc) is 2.83. The Morgan fingerprint density at radius 3 is 2.18 bits per heavy atom. The summed E-state index contributed by atoms with van der Waals surface area (Å²) in [7, 11) is 0. The topological polar surface area (TPSA) is 90.5 Å². The van der Waals surface area contributed by atoms with Gasteiger partial charge in [-0.25, -0.2) is 4.79 Å². The molecule has 1 unspecified atom stereocenters. The lowest BCUT2D eigenvalue weighted by Gasteiger charge is -2.24. The Morgan fingerprint density at radius 1 is 0.939 bits per heavy atom. The van der Waals surface area contributed by atoms with E-state index in [4.69, 9.17) is 0 Å². The van der Waals surface area contributed by atoms with Gasteiger partial charge in [0.25, 0.3) is 0 Å². The second-order valence-electron chi connectivity index (χ2n) is 7.83. The zero-order valence-electron chi connectivity index (χ0n) is 19.3. The molecular formula is C26H34N4O3. The molecule has 7 heteroatoms. The van der Waals surface area contributed by atoms with Crippen LogP contribution >= 0.6 is 0 Å². The van der Waals surface area contributed by atoms with Gasteiger partial charge in [0, 0.05) is 33.1 Å². The fourth-order valence-electron chi connectivity index (χ4n) is 3.40. The van der Waals surface area contributed by atoms with E-state index in [1.807, 2.05) is 60.7 Å². The molecular weight excluding hydrogens is 416 g/mol. The van der Waals surface area contributed by atoms with Gasteiger partial charge in [-0.1, -0.05) is 66.7 Å². The normalized spacial score (nSPS) is 11.2. The first-order valence-electron chi connectivity index (χ1n) is 11.3. The van der Waals surface area contributed by atoms with Gasteiger partial charge in [0.2, 0.25) is 11.8 Å². The minimum atomic E-state index is -0.608. The predicted molar refractivity (Wildman–Crippen MR) is 130 cm³/mol. The predicted octanol–water partition coefficient (Wildman–Crippen LogP) is 3.38. The van der Waals surface area contributed by atoms with Gasteiger partial charge in [0.05, 0.1) is 0 Å². The molecule has 2 rings (SSSR count). The molecule has 0 radical (unpaired) electrons. The number of carbonyl (C=O) groups excluding carboxylic acids is 3. The molecule has 0 bridgehead atoms. The highest BCUT2D eigenvalue weighted by atomic mass is 16.2. The molecule has 0 aliphatic heterocycles. The molecule has 0 heterocycles. The highest BCUT2D eigenvalue weighted by Crippen LogP contribution is 2.09. The van der Waals surface area contributed by atoms with E-state index in [0.717, 1.165) is 11.1 Å². The van der Waals surface area contributed by atoms with Crippen LogP contribution in [-0.2, 0) is 22.7 Å². The van der Waals surface area contributed by atoms with Crippen molar-refractivity contribution in [1.82, 2.24) is 20.9 Å². The van der Waals surface area contributed by atoms with Crippen molar-refractivity contribution in [2.75, 3.05) is 13.1 Å². The van der Waals surface area contributed by atoms with E-state index in [-0.39, 0.29) is 17.8 Å². The van der Waals surface area contributed by atoms with Crippen LogP contribution in [-0.4, -0.2) is 41.9 Å². The molecule has 1 atom stereocenters. The summed E-state index contributed by atoms with van der Waals surface area (Å²) in [5, 5.41) is 8.46. The Hall–Kier alpha value is -3.61. The number of carbonyl (C=O) groups is 3. The van der Waals surface area contributed by atoms with Crippen LogP contribution in [0.5, 0.6) is 0 Å². The van der Waals surface area contributed by atoms with E-state index in [9.17, 15) is 14.4 Å². The first-order chi connectivity index (χ1) is 16.0. The van der Waals surface area contributed by atoms with Gasteiger partial charge >= 0.3 is 6.03 Å². The van der Waals surface area contributed by atoms with Crippen LogP contribution in [0.1, 0.15) is 37.3 Å². The molecule has 4 amide bonds. The number of hydrogen-bond acceptors (Lipinski definition) is 3. The van der Waals surface area contributed by atoms with Crippen molar-refractivity contribution in [3.63, 3.8) is 0 Å². The number of hydrogen-bond donors (Lipinski definition) is 3. The zero-order chi connectivity index (χ0) is 23.9. The summed E-state index contributed by atoms with van der Waals surface area (Å²) in [6, 6.07) is 18.7. The molecule has 3 N–H and O–H groups in total. The third kappa shape index (κ3) is 10.0. The summed E-state index contributed by atoms with van der Waals surface area (Å²) in [4.78, 5) is 38.6. The molecule has 33 heavy (non-hydrogen) atoms. The minimum Gasteiger partial charge on any atom is -0.350 e. The van der Waals surface area contributed by atoms with E-state index in [1.54, 1.807) is 11.0 Å². The quantitative estimate of drug-likeness (QED) is 0.323. The van der Waals surface area contributed by atoms with Crippen LogP contribution in [0.3, 0.4) is 0 Å². The van der Waals surface area contributed by atoms with Crippen LogP contribution in [0.2, 0.25) is 0 Å². The molecule has 7 nitrogen and oxygen atoms in total. The lowest BCUT2D eigenvalue weighted by atomic mass is 10.1. The van der Waals surface area contributed by atoms with Gasteiger partial charge in [0.1, 0.15) is 6.04 Å². The Kier molecular flexibility index (Phi) is 11.2. The summed E-state index contributed by atoms with van der Waals surface area (Å²) >= 11 is 0. The molecule has 0 fully saturated rings. The molecule has 0 aromatic heterocycles. The number of amides is 4. The summed E-state index contributed by atoms with van der Waals surface area (Å²) < 4.78 is 0. The number of unbranched alkanes of at least 4 members (excludes halogenated alkanes) is 1. The smallest absolute Gasteiger partial charge is 0.317 e. The van der Waals surface area contributed by atoms with Gasteiger partial charge in [-0.3, -0.25) is 9.59 Å². The molecule has 0 saturated carbocycles. The summed E-state index contributed by atoms with van der Waals surface area (Å²) in [6.07, 6.45) is 3.53. The lowest BCUT2D eigenvalue weighted by Crippen LogP contribution is -2.46. The number of nitrogens with zero attached hydrogens (tertiary/aromatic N) is 1. The fourth-order valence-corrected chi connectivity index (χ4v) is 3.40. The van der Waals surface area contributed by atoms with E-state index in [0.29, 0.717) is 45.4 Å². The summed E-state index contributed by atoms with van der Waals surface area (Å²) in [5.41, 5.74) is 2.04. The maximum atomic E-state index is 12.6. The van der Waals surface area contributed by atoms with Gasteiger partial charge < -0.3 is 20.9 Å². The fraction of sp³-hybridized carbons (Fsp3) is 0.346. The maximum Gasteiger partial charge on any atom is 0.317 e. The maximum absolute atomic E-state index is 12.6. The van der Waals surface area contributed by atoms with Crippen molar-refractivity contribution in [2.24, 2.45) is 0 Å². The van der Waals surface area contributed by atoms with Gasteiger partial charge in [-0.15, -0.1) is 6.58 Å². The minimum absolute atomic E-state index is 0.155.